The maximum absolute atomic E-state index is 11.7. The van der Waals surface area contributed by atoms with E-state index in [2.05, 4.69) is 20.6 Å². The second-order valence-corrected chi connectivity index (χ2v) is 5.89. The molecule has 1 aliphatic rings. The van der Waals surface area contributed by atoms with Crippen LogP contribution in [0.2, 0.25) is 0 Å². The van der Waals surface area contributed by atoms with Gasteiger partial charge in [0.1, 0.15) is 12.1 Å². The van der Waals surface area contributed by atoms with Gasteiger partial charge in [-0.25, -0.2) is 9.97 Å². The lowest BCUT2D eigenvalue weighted by Crippen LogP contribution is -2.35. The Morgan fingerprint density at radius 1 is 1.24 bits per heavy atom. The lowest BCUT2D eigenvalue weighted by molar-refractivity contribution is 0.0963. The van der Waals surface area contributed by atoms with Gasteiger partial charge in [-0.1, -0.05) is 12.1 Å². The minimum absolute atomic E-state index is 0. The molecule has 1 aromatic heterocycles. The molecule has 0 atom stereocenters. The van der Waals surface area contributed by atoms with Crippen LogP contribution in [-0.2, 0) is 6.54 Å². The van der Waals surface area contributed by atoms with E-state index >= 15 is 0 Å². The summed E-state index contributed by atoms with van der Waals surface area (Å²) in [5.41, 5.74) is 8.56. The van der Waals surface area contributed by atoms with Gasteiger partial charge in [0.05, 0.1) is 0 Å². The van der Waals surface area contributed by atoms with Crippen LogP contribution in [0, 0.1) is 0 Å². The molecule has 0 radical (unpaired) electrons. The predicted molar refractivity (Wildman–Crippen MR) is 104 cm³/mol. The molecule has 1 amide bonds. The first-order valence-electron chi connectivity index (χ1n) is 7.78. The van der Waals surface area contributed by atoms with E-state index < -0.39 is 0 Å². The minimum Gasteiger partial charge on any atom is -0.366 e. The summed E-state index contributed by atoms with van der Waals surface area (Å²) >= 11 is 0. The topological polar surface area (TPSA) is 92.9 Å². The highest BCUT2D eigenvalue weighted by atomic mass is 35.5. The van der Waals surface area contributed by atoms with Crippen molar-refractivity contribution in [1.29, 1.82) is 0 Å². The van der Waals surface area contributed by atoms with Gasteiger partial charge in [-0.15, -0.1) is 24.8 Å². The highest BCUT2D eigenvalue weighted by molar-refractivity contribution is 5.94. The van der Waals surface area contributed by atoms with Gasteiger partial charge < -0.3 is 16.4 Å². The summed E-state index contributed by atoms with van der Waals surface area (Å²) in [6, 6.07) is 9.82. The number of nitrogens with two attached hydrogens (primary N) is 1. The maximum Gasteiger partial charge on any atom is 0.251 e. The minimum atomic E-state index is -0.0857. The fourth-order valence-electron chi connectivity index (χ4n) is 2.76. The van der Waals surface area contributed by atoms with Crippen LogP contribution >= 0.6 is 24.8 Å². The van der Waals surface area contributed by atoms with Crippen LogP contribution in [0.1, 0.15) is 40.4 Å². The second kappa shape index (κ2) is 9.56. The molecule has 1 heterocycles. The van der Waals surface area contributed by atoms with E-state index in [4.69, 9.17) is 5.73 Å². The zero-order valence-electron chi connectivity index (χ0n) is 13.9. The van der Waals surface area contributed by atoms with Crippen LogP contribution < -0.4 is 16.4 Å². The molecular weight excluding hydrogens is 361 g/mol. The average Bonchev–Trinajstić information content (AvgIpc) is 2.57. The fraction of sp³-hybridized carbons (Fsp3) is 0.353. The zero-order chi connectivity index (χ0) is 16.2. The molecule has 136 valence electrons. The molecule has 8 heteroatoms. The van der Waals surface area contributed by atoms with E-state index in [0.717, 1.165) is 29.9 Å². The molecule has 0 aliphatic heterocycles. The summed E-state index contributed by atoms with van der Waals surface area (Å²) < 4.78 is 0. The molecule has 0 unspecified atom stereocenters. The third-order valence-corrected chi connectivity index (χ3v) is 4.17. The first-order chi connectivity index (χ1) is 11.2. The Hall–Kier alpha value is -1.89. The van der Waals surface area contributed by atoms with Gasteiger partial charge in [0.15, 0.2) is 0 Å². The quantitative estimate of drug-likeness (QED) is 0.737. The number of amides is 1. The number of hydrogen-bond donors (Lipinski definition) is 3. The van der Waals surface area contributed by atoms with E-state index in [0.29, 0.717) is 24.1 Å². The molecule has 1 aromatic carbocycles. The summed E-state index contributed by atoms with van der Waals surface area (Å²) in [6.07, 6.45) is 3.57. The molecule has 0 bridgehead atoms. The van der Waals surface area contributed by atoms with Crippen molar-refractivity contribution >= 4 is 36.5 Å². The highest BCUT2D eigenvalue weighted by Gasteiger charge is 2.28. The third-order valence-electron chi connectivity index (χ3n) is 4.17. The molecule has 4 N–H and O–H groups in total. The van der Waals surface area contributed by atoms with Gasteiger partial charge in [0, 0.05) is 42.9 Å². The Balaban J connectivity index is 0.00000156. The van der Waals surface area contributed by atoms with Crippen molar-refractivity contribution in [2.75, 3.05) is 12.4 Å². The number of carbonyl (C=O) groups is 1. The monoisotopic (exact) mass is 383 g/mol. The van der Waals surface area contributed by atoms with Crippen molar-refractivity contribution in [3.05, 3.63) is 53.5 Å². The largest absolute Gasteiger partial charge is 0.366 e. The van der Waals surface area contributed by atoms with Gasteiger partial charge >= 0.3 is 0 Å². The molecule has 2 aromatic rings. The number of carbonyl (C=O) groups excluding carboxylic acids is 1. The van der Waals surface area contributed by atoms with Gasteiger partial charge in [-0.05, 0) is 30.5 Å². The van der Waals surface area contributed by atoms with Crippen LogP contribution in [-0.4, -0.2) is 29.0 Å². The fourth-order valence-corrected chi connectivity index (χ4v) is 2.76. The average molecular weight is 384 g/mol. The standard InChI is InChI=1S/C17H21N5O.2ClH/c1-19-17(23)12-4-2-3-11(5-12)9-20-16-8-15(21-10-22-16)13-6-14(18)7-13;;/h2-5,8,10,13-14H,6-7,9,18H2,1H3,(H,19,23)(H,20,21,22);2*1H. The molecule has 1 aliphatic carbocycles. The van der Waals surface area contributed by atoms with Crippen molar-refractivity contribution < 1.29 is 4.79 Å². The number of nitrogens with one attached hydrogen (secondary N) is 2. The Bertz CT molecular complexity index is 707. The van der Waals surface area contributed by atoms with Crippen molar-refractivity contribution in [2.45, 2.75) is 31.3 Å². The molecule has 1 saturated carbocycles. The van der Waals surface area contributed by atoms with Crippen molar-refractivity contribution in [1.82, 2.24) is 15.3 Å². The first-order valence-corrected chi connectivity index (χ1v) is 7.78. The Kier molecular flexibility index (Phi) is 8.09. The van der Waals surface area contributed by atoms with Crippen LogP contribution in [0.3, 0.4) is 0 Å². The Labute approximate surface area is 159 Å². The lowest BCUT2D eigenvalue weighted by atomic mass is 9.79. The number of rotatable bonds is 5. The summed E-state index contributed by atoms with van der Waals surface area (Å²) in [4.78, 5) is 20.3. The maximum atomic E-state index is 11.7. The number of benzene rings is 1. The molecule has 0 saturated heterocycles. The molecule has 0 spiro atoms. The van der Waals surface area contributed by atoms with Crippen molar-refractivity contribution in [3.63, 3.8) is 0 Å². The molecular formula is C17H23Cl2N5O. The third kappa shape index (κ3) is 5.29. The van der Waals surface area contributed by atoms with Crippen LogP contribution in [0.5, 0.6) is 0 Å². The first kappa shape index (κ1) is 21.2. The summed E-state index contributed by atoms with van der Waals surface area (Å²) in [5, 5.41) is 5.91. The Morgan fingerprint density at radius 2 is 2.00 bits per heavy atom. The van der Waals surface area contributed by atoms with Gasteiger partial charge in [0.2, 0.25) is 0 Å². The normalized spacial score (nSPS) is 18.2. The van der Waals surface area contributed by atoms with Crippen LogP contribution in [0.15, 0.2) is 36.7 Å². The summed E-state index contributed by atoms with van der Waals surface area (Å²) in [6.45, 7) is 0.603. The lowest BCUT2D eigenvalue weighted by Gasteiger charge is -2.31. The zero-order valence-corrected chi connectivity index (χ0v) is 15.6. The Morgan fingerprint density at radius 3 is 2.68 bits per heavy atom. The number of hydrogen-bond acceptors (Lipinski definition) is 5. The SMILES string of the molecule is CNC(=O)c1cccc(CNc2cc(C3CC(N)C3)ncn2)c1.Cl.Cl. The predicted octanol–water partition coefficient (Wildman–Crippen LogP) is 2.50. The van der Waals surface area contributed by atoms with E-state index in [-0.39, 0.29) is 30.7 Å². The highest BCUT2D eigenvalue weighted by Crippen LogP contribution is 2.34. The van der Waals surface area contributed by atoms with Gasteiger partial charge in [-0.2, -0.15) is 0 Å². The van der Waals surface area contributed by atoms with E-state index in [1.807, 2.05) is 24.3 Å². The smallest absolute Gasteiger partial charge is 0.251 e. The molecule has 3 rings (SSSR count). The summed E-state index contributed by atoms with van der Waals surface area (Å²) in [5.74, 6) is 1.16. The number of anilines is 1. The number of aromatic nitrogens is 2. The second-order valence-electron chi connectivity index (χ2n) is 5.89. The molecule has 25 heavy (non-hydrogen) atoms. The van der Waals surface area contributed by atoms with Gasteiger partial charge in [0.25, 0.3) is 5.91 Å². The van der Waals surface area contributed by atoms with Crippen molar-refractivity contribution in [2.24, 2.45) is 5.73 Å². The van der Waals surface area contributed by atoms with Gasteiger partial charge in [-0.3, -0.25) is 4.79 Å². The summed E-state index contributed by atoms with van der Waals surface area (Å²) in [7, 11) is 1.63. The van der Waals surface area contributed by atoms with E-state index in [1.165, 1.54) is 0 Å². The van der Waals surface area contributed by atoms with Crippen LogP contribution in [0.4, 0.5) is 5.82 Å². The van der Waals surface area contributed by atoms with E-state index in [9.17, 15) is 4.79 Å². The van der Waals surface area contributed by atoms with Crippen LogP contribution in [0.25, 0.3) is 0 Å². The molecule has 1 fully saturated rings. The number of halogens is 2. The number of nitrogens with zero attached hydrogens (tertiary/aromatic N) is 2. The van der Waals surface area contributed by atoms with E-state index in [1.54, 1.807) is 19.4 Å². The van der Waals surface area contributed by atoms with Crippen molar-refractivity contribution in [3.8, 4) is 0 Å². The molecule has 6 nitrogen and oxygen atoms in total.